The van der Waals surface area contributed by atoms with E-state index in [4.69, 9.17) is 40.5 Å². The lowest BCUT2D eigenvalue weighted by atomic mass is 10.1. The molecule has 20 heavy (non-hydrogen) atoms. The molecule has 0 fully saturated rings. The van der Waals surface area contributed by atoms with Crippen molar-refractivity contribution in [1.82, 2.24) is 5.32 Å². The van der Waals surface area contributed by atoms with Gasteiger partial charge in [0.05, 0.1) is 15.7 Å². The summed E-state index contributed by atoms with van der Waals surface area (Å²) in [6, 6.07) is 10.2. The van der Waals surface area contributed by atoms with Crippen LogP contribution in [0.1, 0.15) is 15.9 Å². The van der Waals surface area contributed by atoms with E-state index in [2.05, 4.69) is 5.32 Å². The lowest BCUT2D eigenvalue weighted by molar-refractivity contribution is 0.0951. The number of rotatable bonds is 3. The molecule has 2 aromatic rings. The van der Waals surface area contributed by atoms with Crippen LogP contribution < -0.4 is 11.1 Å². The van der Waals surface area contributed by atoms with Gasteiger partial charge >= 0.3 is 0 Å². The highest BCUT2D eigenvalue weighted by Crippen LogP contribution is 2.29. The van der Waals surface area contributed by atoms with Crippen LogP contribution >= 0.6 is 34.8 Å². The van der Waals surface area contributed by atoms with E-state index < -0.39 is 0 Å². The lowest BCUT2D eigenvalue weighted by Crippen LogP contribution is -2.22. The summed E-state index contributed by atoms with van der Waals surface area (Å²) in [6.07, 6.45) is 0. The molecule has 0 unspecified atom stereocenters. The van der Waals surface area contributed by atoms with Gasteiger partial charge < -0.3 is 11.1 Å². The highest BCUT2D eigenvalue weighted by Gasteiger charge is 2.11. The molecule has 0 heterocycles. The molecule has 6 heteroatoms. The van der Waals surface area contributed by atoms with Crippen molar-refractivity contribution >= 4 is 46.4 Å². The van der Waals surface area contributed by atoms with Gasteiger partial charge in [0, 0.05) is 17.1 Å². The summed E-state index contributed by atoms with van der Waals surface area (Å²) in [5, 5.41) is 3.92. The molecule has 0 saturated carbocycles. The van der Waals surface area contributed by atoms with E-state index in [0.717, 1.165) is 5.56 Å². The summed E-state index contributed by atoms with van der Waals surface area (Å²) in [7, 11) is 0. The van der Waals surface area contributed by atoms with E-state index in [9.17, 15) is 4.79 Å². The fourth-order valence-electron chi connectivity index (χ4n) is 1.63. The molecule has 2 aromatic carbocycles. The van der Waals surface area contributed by atoms with Crippen molar-refractivity contribution in [1.29, 1.82) is 0 Å². The standard InChI is InChI=1S/C14H11Cl3N2O/c15-10-3-1-8(2-4-10)7-19-14(20)9-5-11(16)13(17)12(18)6-9/h1-6H,7,18H2,(H,19,20). The van der Waals surface area contributed by atoms with Gasteiger partial charge in [-0.25, -0.2) is 0 Å². The van der Waals surface area contributed by atoms with Crippen molar-refractivity contribution in [2.24, 2.45) is 0 Å². The van der Waals surface area contributed by atoms with Crippen LogP contribution in [0.3, 0.4) is 0 Å². The van der Waals surface area contributed by atoms with Gasteiger partial charge in [0.25, 0.3) is 5.91 Å². The number of halogens is 3. The van der Waals surface area contributed by atoms with Gasteiger partial charge in [0.2, 0.25) is 0 Å². The van der Waals surface area contributed by atoms with Crippen LogP contribution in [0.4, 0.5) is 5.69 Å². The second-order valence-corrected chi connectivity index (χ2v) is 5.39. The Balaban J connectivity index is 2.07. The zero-order valence-corrected chi connectivity index (χ0v) is 12.6. The van der Waals surface area contributed by atoms with Gasteiger partial charge in [-0.05, 0) is 29.8 Å². The smallest absolute Gasteiger partial charge is 0.251 e. The number of nitrogens with one attached hydrogen (secondary N) is 1. The van der Waals surface area contributed by atoms with Crippen LogP contribution in [-0.4, -0.2) is 5.91 Å². The van der Waals surface area contributed by atoms with E-state index >= 15 is 0 Å². The molecular formula is C14H11Cl3N2O. The van der Waals surface area contributed by atoms with Crippen LogP contribution in [-0.2, 0) is 6.54 Å². The van der Waals surface area contributed by atoms with Crippen molar-refractivity contribution in [3.63, 3.8) is 0 Å². The Labute approximate surface area is 131 Å². The fourth-order valence-corrected chi connectivity index (χ4v) is 2.09. The predicted molar refractivity (Wildman–Crippen MR) is 83.5 cm³/mol. The molecule has 0 radical (unpaired) electrons. The van der Waals surface area contributed by atoms with Gasteiger partial charge in [-0.3, -0.25) is 4.79 Å². The highest BCUT2D eigenvalue weighted by molar-refractivity contribution is 6.43. The lowest BCUT2D eigenvalue weighted by Gasteiger charge is -2.08. The van der Waals surface area contributed by atoms with Gasteiger partial charge in [0.15, 0.2) is 0 Å². The molecule has 0 aromatic heterocycles. The molecule has 1 amide bonds. The Hall–Kier alpha value is -1.42. The minimum absolute atomic E-state index is 0.251. The van der Waals surface area contributed by atoms with E-state index in [1.807, 2.05) is 12.1 Å². The first-order valence-electron chi connectivity index (χ1n) is 5.74. The molecular weight excluding hydrogens is 319 g/mol. The zero-order valence-electron chi connectivity index (χ0n) is 10.3. The molecule has 0 spiro atoms. The van der Waals surface area contributed by atoms with Crippen molar-refractivity contribution in [3.8, 4) is 0 Å². The minimum Gasteiger partial charge on any atom is -0.397 e. The Morgan fingerprint density at radius 1 is 1.10 bits per heavy atom. The Bertz CT molecular complexity index is 618. The Morgan fingerprint density at radius 3 is 2.35 bits per heavy atom. The van der Waals surface area contributed by atoms with Crippen LogP contribution in [0, 0.1) is 0 Å². The molecule has 104 valence electrons. The largest absolute Gasteiger partial charge is 0.397 e. The monoisotopic (exact) mass is 328 g/mol. The maximum Gasteiger partial charge on any atom is 0.251 e. The first kappa shape index (κ1) is 15.0. The fraction of sp³-hybridized carbons (Fsp3) is 0.0714. The Kier molecular flexibility index (Phi) is 4.76. The summed E-state index contributed by atoms with van der Waals surface area (Å²) in [6.45, 7) is 0.385. The van der Waals surface area contributed by atoms with Crippen molar-refractivity contribution in [2.75, 3.05) is 5.73 Å². The van der Waals surface area contributed by atoms with Crippen molar-refractivity contribution in [3.05, 3.63) is 62.6 Å². The number of hydrogen-bond donors (Lipinski definition) is 2. The predicted octanol–water partition coefficient (Wildman–Crippen LogP) is 4.16. The molecule has 0 aliphatic rings. The first-order valence-corrected chi connectivity index (χ1v) is 6.88. The SMILES string of the molecule is Nc1cc(C(=O)NCc2ccc(Cl)cc2)cc(Cl)c1Cl. The van der Waals surface area contributed by atoms with Crippen molar-refractivity contribution < 1.29 is 4.79 Å². The van der Waals surface area contributed by atoms with Crippen LogP contribution in [0.25, 0.3) is 0 Å². The summed E-state index contributed by atoms with van der Waals surface area (Å²) in [5.74, 6) is -0.273. The first-order chi connectivity index (χ1) is 9.47. The number of carbonyl (C=O) groups is 1. The molecule has 0 atom stereocenters. The normalized spacial score (nSPS) is 10.3. The van der Waals surface area contributed by atoms with E-state index in [1.54, 1.807) is 12.1 Å². The average molecular weight is 330 g/mol. The molecule has 0 aliphatic heterocycles. The second-order valence-electron chi connectivity index (χ2n) is 4.17. The summed E-state index contributed by atoms with van der Waals surface area (Å²) in [5.41, 5.74) is 7.25. The minimum atomic E-state index is -0.273. The number of nitrogens with two attached hydrogens (primary N) is 1. The summed E-state index contributed by atoms with van der Waals surface area (Å²) in [4.78, 5) is 12.0. The molecule has 3 N–H and O–H groups in total. The number of carbonyl (C=O) groups excluding carboxylic acids is 1. The Morgan fingerprint density at radius 2 is 1.75 bits per heavy atom. The topological polar surface area (TPSA) is 55.1 Å². The maximum atomic E-state index is 12.0. The van der Waals surface area contributed by atoms with Crippen LogP contribution in [0.5, 0.6) is 0 Å². The third-order valence-electron chi connectivity index (χ3n) is 2.68. The summed E-state index contributed by atoms with van der Waals surface area (Å²) < 4.78 is 0. The van der Waals surface area contributed by atoms with Gasteiger partial charge in [-0.15, -0.1) is 0 Å². The number of benzene rings is 2. The van der Waals surface area contributed by atoms with Crippen LogP contribution in [0.2, 0.25) is 15.1 Å². The van der Waals surface area contributed by atoms with E-state index in [1.165, 1.54) is 12.1 Å². The third kappa shape index (κ3) is 3.57. The average Bonchev–Trinajstić information content (AvgIpc) is 2.43. The van der Waals surface area contributed by atoms with Crippen LogP contribution in [0.15, 0.2) is 36.4 Å². The number of amides is 1. The number of anilines is 1. The molecule has 3 nitrogen and oxygen atoms in total. The summed E-state index contributed by atoms with van der Waals surface area (Å²) >= 11 is 17.5. The number of nitrogen functional groups attached to an aromatic ring is 1. The van der Waals surface area contributed by atoms with Crippen molar-refractivity contribution in [2.45, 2.75) is 6.54 Å². The molecule has 0 aliphatic carbocycles. The third-order valence-corrected chi connectivity index (χ3v) is 3.75. The van der Waals surface area contributed by atoms with E-state index in [-0.39, 0.29) is 21.6 Å². The molecule has 0 saturated heterocycles. The quantitative estimate of drug-likeness (QED) is 0.831. The van der Waals surface area contributed by atoms with E-state index in [0.29, 0.717) is 17.1 Å². The molecule has 2 rings (SSSR count). The number of hydrogen-bond acceptors (Lipinski definition) is 2. The highest BCUT2D eigenvalue weighted by atomic mass is 35.5. The zero-order chi connectivity index (χ0) is 14.7. The van der Waals surface area contributed by atoms with Gasteiger partial charge in [-0.1, -0.05) is 46.9 Å². The second kappa shape index (κ2) is 6.35. The molecule has 0 bridgehead atoms. The van der Waals surface area contributed by atoms with Gasteiger partial charge in [-0.2, -0.15) is 0 Å². The maximum absolute atomic E-state index is 12.0. The van der Waals surface area contributed by atoms with Gasteiger partial charge in [0.1, 0.15) is 0 Å².